The molecule has 100 valence electrons. The number of primary amides is 1. The molecule has 0 saturated heterocycles. The second-order valence-corrected chi connectivity index (χ2v) is 4.68. The molecule has 1 unspecified atom stereocenters. The number of nitrogens with one attached hydrogen (secondary N) is 1. The quantitative estimate of drug-likeness (QED) is 0.678. The van der Waals surface area contributed by atoms with Crippen LogP contribution in [-0.4, -0.2) is 11.9 Å². The summed E-state index contributed by atoms with van der Waals surface area (Å²) in [7, 11) is 0. The van der Waals surface area contributed by atoms with Gasteiger partial charge in [-0.25, -0.2) is 0 Å². The smallest absolute Gasteiger partial charge is 0.248 e. The molecule has 1 amide bonds. The zero-order valence-corrected chi connectivity index (χ0v) is 11.4. The second-order valence-electron chi connectivity index (χ2n) is 4.68. The molecule has 1 rings (SSSR count). The van der Waals surface area contributed by atoms with Crippen molar-refractivity contribution in [1.82, 2.24) is 0 Å². The Hall–Kier alpha value is -1.71. The van der Waals surface area contributed by atoms with Crippen LogP contribution >= 0.6 is 0 Å². The first kappa shape index (κ1) is 14.4. The molecule has 0 aliphatic heterocycles. The normalized spacial score (nSPS) is 12.4. The topological polar surface area (TPSA) is 81.1 Å². The molecule has 0 bridgehead atoms. The van der Waals surface area contributed by atoms with Crippen molar-refractivity contribution < 1.29 is 4.79 Å². The third-order valence-electron chi connectivity index (χ3n) is 3.48. The van der Waals surface area contributed by atoms with E-state index < -0.39 is 5.91 Å². The SMILES string of the molecule is CCC(CC)C(C)Nc1ccc(C(N)=O)cc1N. The van der Waals surface area contributed by atoms with Crippen LogP contribution in [0.25, 0.3) is 0 Å². The molecule has 0 aliphatic carbocycles. The maximum absolute atomic E-state index is 11.0. The molecule has 0 heterocycles. The van der Waals surface area contributed by atoms with Gasteiger partial charge in [-0.1, -0.05) is 26.7 Å². The first-order valence-electron chi connectivity index (χ1n) is 6.45. The highest BCUT2D eigenvalue weighted by atomic mass is 16.1. The van der Waals surface area contributed by atoms with Gasteiger partial charge in [-0.2, -0.15) is 0 Å². The van der Waals surface area contributed by atoms with Crippen molar-refractivity contribution >= 4 is 17.3 Å². The molecule has 0 radical (unpaired) electrons. The van der Waals surface area contributed by atoms with E-state index in [1.807, 2.05) is 6.07 Å². The van der Waals surface area contributed by atoms with E-state index in [0.717, 1.165) is 18.5 Å². The Morgan fingerprint density at radius 3 is 2.39 bits per heavy atom. The highest BCUT2D eigenvalue weighted by Crippen LogP contribution is 2.23. The maximum atomic E-state index is 11.0. The van der Waals surface area contributed by atoms with Crippen molar-refractivity contribution in [3.05, 3.63) is 23.8 Å². The largest absolute Gasteiger partial charge is 0.397 e. The summed E-state index contributed by atoms with van der Waals surface area (Å²) in [5.41, 5.74) is 13.0. The summed E-state index contributed by atoms with van der Waals surface area (Å²) in [6, 6.07) is 5.47. The van der Waals surface area contributed by atoms with E-state index in [-0.39, 0.29) is 0 Å². The number of carbonyl (C=O) groups excluding carboxylic acids is 1. The lowest BCUT2D eigenvalue weighted by Gasteiger charge is -2.24. The number of nitrogens with two attached hydrogens (primary N) is 2. The van der Waals surface area contributed by atoms with Crippen LogP contribution in [0.15, 0.2) is 18.2 Å². The Labute approximate surface area is 109 Å². The van der Waals surface area contributed by atoms with Gasteiger partial charge in [0.1, 0.15) is 0 Å². The summed E-state index contributed by atoms with van der Waals surface area (Å²) in [4.78, 5) is 11.0. The molecular formula is C14H23N3O. The van der Waals surface area contributed by atoms with Gasteiger partial charge in [0.25, 0.3) is 0 Å². The number of amides is 1. The first-order chi connectivity index (χ1) is 8.49. The molecule has 4 nitrogen and oxygen atoms in total. The Bertz CT molecular complexity index is 414. The molecule has 0 spiro atoms. The van der Waals surface area contributed by atoms with Crippen LogP contribution in [0.4, 0.5) is 11.4 Å². The minimum Gasteiger partial charge on any atom is -0.397 e. The number of benzene rings is 1. The summed E-state index contributed by atoms with van der Waals surface area (Å²) >= 11 is 0. The molecule has 1 aromatic rings. The van der Waals surface area contributed by atoms with Gasteiger partial charge in [0.05, 0.1) is 11.4 Å². The van der Waals surface area contributed by atoms with Gasteiger partial charge >= 0.3 is 0 Å². The Morgan fingerprint density at radius 1 is 1.33 bits per heavy atom. The fourth-order valence-electron chi connectivity index (χ4n) is 2.21. The second kappa shape index (κ2) is 6.28. The molecule has 0 saturated carbocycles. The third kappa shape index (κ3) is 3.39. The highest BCUT2D eigenvalue weighted by molar-refractivity contribution is 5.94. The van der Waals surface area contributed by atoms with E-state index in [1.165, 1.54) is 0 Å². The molecule has 0 fully saturated rings. The van der Waals surface area contributed by atoms with Crippen molar-refractivity contribution in [2.75, 3.05) is 11.1 Å². The lowest BCUT2D eigenvalue weighted by Crippen LogP contribution is -2.25. The third-order valence-corrected chi connectivity index (χ3v) is 3.48. The van der Waals surface area contributed by atoms with Crippen LogP contribution in [0.1, 0.15) is 44.0 Å². The zero-order valence-electron chi connectivity index (χ0n) is 11.4. The fraction of sp³-hybridized carbons (Fsp3) is 0.500. The number of carbonyl (C=O) groups is 1. The Balaban J connectivity index is 2.82. The monoisotopic (exact) mass is 249 g/mol. The predicted molar refractivity (Wildman–Crippen MR) is 76.5 cm³/mol. The van der Waals surface area contributed by atoms with E-state index in [4.69, 9.17) is 11.5 Å². The lowest BCUT2D eigenvalue weighted by molar-refractivity contribution is 0.100. The number of nitrogen functional groups attached to an aromatic ring is 1. The van der Waals surface area contributed by atoms with Gasteiger partial charge in [-0.15, -0.1) is 0 Å². The van der Waals surface area contributed by atoms with Crippen LogP contribution in [-0.2, 0) is 0 Å². The first-order valence-corrected chi connectivity index (χ1v) is 6.45. The summed E-state index contributed by atoms with van der Waals surface area (Å²) in [6.45, 7) is 6.52. The molecule has 4 heteroatoms. The summed E-state index contributed by atoms with van der Waals surface area (Å²) in [5.74, 6) is 0.154. The summed E-state index contributed by atoms with van der Waals surface area (Å²) in [5, 5.41) is 3.40. The highest BCUT2D eigenvalue weighted by Gasteiger charge is 2.14. The van der Waals surface area contributed by atoms with Gasteiger partial charge < -0.3 is 16.8 Å². The van der Waals surface area contributed by atoms with E-state index in [1.54, 1.807) is 12.1 Å². The Morgan fingerprint density at radius 2 is 1.94 bits per heavy atom. The van der Waals surface area contributed by atoms with Crippen molar-refractivity contribution in [1.29, 1.82) is 0 Å². The number of anilines is 2. The van der Waals surface area contributed by atoms with Crippen LogP contribution in [0.2, 0.25) is 0 Å². The minimum absolute atomic E-state index is 0.349. The lowest BCUT2D eigenvalue weighted by atomic mass is 9.95. The van der Waals surface area contributed by atoms with E-state index in [2.05, 4.69) is 26.1 Å². The number of hydrogen-bond donors (Lipinski definition) is 3. The van der Waals surface area contributed by atoms with Gasteiger partial charge in [-0.05, 0) is 31.0 Å². The average Bonchev–Trinajstić information content (AvgIpc) is 2.33. The molecule has 18 heavy (non-hydrogen) atoms. The molecule has 0 aliphatic rings. The van der Waals surface area contributed by atoms with Crippen LogP contribution in [0.3, 0.4) is 0 Å². The van der Waals surface area contributed by atoms with Gasteiger partial charge in [0.2, 0.25) is 5.91 Å². The van der Waals surface area contributed by atoms with Gasteiger partial charge in [0, 0.05) is 11.6 Å². The fourth-order valence-corrected chi connectivity index (χ4v) is 2.21. The van der Waals surface area contributed by atoms with Crippen LogP contribution < -0.4 is 16.8 Å². The van der Waals surface area contributed by atoms with Crippen LogP contribution in [0.5, 0.6) is 0 Å². The summed E-state index contributed by atoms with van der Waals surface area (Å²) in [6.07, 6.45) is 2.26. The number of hydrogen-bond acceptors (Lipinski definition) is 3. The van der Waals surface area contributed by atoms with Crippen molar-refractivity contribution in [2.24, 2.45) is 11.7 Å². The van der Waals surface area contributed by atoms with E-state index >= 15 is 0 Å². The van der Waals surface area contributed by atoms with Crippen molar-refractivity contribution in [3.63, 3.8) is 0 Å². The van der Waals surface area contributed by atoms with Crippen LogP contribution in [0, 0.1) is 5.92 Å². The standard InChI is InChI=1S/C14H23N3O/c1-4-10(5-2)9(3)17-13-7-6-11(14(16)18)8-12(13)15/h6-10,17H,4-5,15H2,1-3H3,(H2,16,18). The Kier molecular flexibility index (Phi) is 5.01. The van der Waals surface area contributed by atoms with E-state index in [0.29, 0.717) is 23.2 Å². The average molecular weight is 249 g/mol. The molecular weight excluding hydrogens is 226 g/mol. The number of rotatable bonds is 6. The van der Waals surface area contributed by atoms with E-state index in [9.17, 15) is 4.79 Å². The maximum Gasteiger partial charge on any atom is 0.248 e. The zero-order chi connectivity index (χ0) is 13.7. The van der Waals surface area contributed by atoms with Gasteiger partial charge in [0.15, 0.2) is 0 Å². The minimum atomic E-state index is -0.457. The summed E-state index contributed by atoms with van der Waals surface area (Å²) < 4.78 is 0. The van der Waals surface area contributed by atoms with Crippen molar-refractivity contribution in [3.8, 4) is 0 Å². The molecule has 5 N–H and O–H groups in total. The molecule has 0 aromatic heterocycles. The van der Waals surface area contributed by atoms with Crippen molar-refractivity contribution in [2.45, 2.75) is 39.7 Å². The molecule has 1 atom stereocenters. The molecule has 1 aromatic carbocycles. The predicted octanol–water partition coefficient (Wildman–Crippen LogP) is 2.60. The van der Waals surface area contributed by atoms with Gasteiger partial charge in [-0.3, -0.25) is 4.79 Å².